The van der Waals surface area contributed by atoms with Crippen LogP contribution in [0.5, 0.6) is 23.0 Å². The quantitative estimate of drug-likeness (QED) is 0.478. The highest BCUT2D eigenvalue weighted by Crippen LogP contribution is 2.38. The van der Waals surface area contributed by atoms with Gasteiger partial charge in [-0.2, -0.15) is 0 Å². The number of nitrogens with two attached hydrogens (primary N) is 2. The molecular weight excluding hydrogens is 392 g/mol. The van der Waals surface area contributed by atoms with E-state index in [1.54, 1.807) is 0 Å². The van der Waals surface area contributed by atoms with Crippen LogP contribution in [-0.2, 0) is 6.42 Å². The Bertz CT molecular complexity index is 742. The van der Waals surface area contributed by atoms with Gasteiger partial charge in [0.25, 0.3) is 0 Å². The minimum absolute atomic E-state index is 0.00179. The molecule has 2 rings (SSSR count). The van der Waals surface area contributed by atoms with Crippen molar-refractivity contribution in [1.29, 1.82) is 0 Å². The number of nitrogen functional groups attached to an aromatic ring is 2. The van der Waals surface area contributed by atoms with E-state index in [2.05, 4.69) is 0 Å². The first-order chi connectivity index (χ1) is 14.5. The van der Waals surface area contributed by atoms with E-state index < -0.39 is 0 Å². The van der Waals surface area contributed by atoms with Crippen LogP contribution in [0.1, 0.15) is 66.5 Å². The summed E-state index contributed by atoms with van der Waals surface area (Å²) in [6.45, 7) is 15.8. The van der Waals surface area contributed by atoms with Gasteiger partial charge in [0, 0.05) is 0 Å². The third-order valence-corrected chi connectivity index (χ3v) is 4.19. The number of rotatable bonds is 10. The summed E-state index contributed by atoms with van der Waals surface area (Å²) in [4.78, 5) is 0. The Morgan fingerprint density at radius 3 is 0.935 bits per heavy atom. The van der Waals surface area contributed by atoms with Gasteiger partial charge in [0.05, 0.1) is 24.4 Å². The van der Waals surface area contributed by atoms with Gasteiger partial charge < -0.3 is 30.4 Å². The molecule has 6 nitrogen and oxygen atoms in total. The van der Waals surface area contributed by atoms with Crippen LogP contribution >= 0.6 is 0 Å². The van der Waals surface area contributed by atoms with Crippen LogP contribution in [0.25, 0.3) is 0 Å². The molecule has 0 heterocycles. The van der Waals surface area contributed by atoms with E-state index in [0.29, 0.717) is 40.8 Å². The van der Waals surface area contributed by atoms with E-state index in [9.17, 15) is 0 Å². The number of hydrogen-bond donors (Lipinski definition) is 2. The molecule has 0 aliphatic carbocycles. The van der Waals surface area contributed by atoms with Crippen LogP contribution in [0, 0.1) is 0 Å². The van der Waals surface area contributed by atoms with Crippen LogP contribution in [0.3, 0.4) is 0 Å². The molecule has 0 radical (unpaired) electrons. The first-order valence-electron chi connectivity index (χ1n) is 11.0. The van der Waals surface area contributed by atoms with Crippen LogP contribution in [0.4, 0.5) is 11.4 Å². The van der Waals surface area contributed by atoms with Crippen LogP contribution in [0.15, 0.2) is 24.3 Å². The minimum atomic E-state index is -0.00179. The van der Waals surface area contributed by atoms with Gasteiger partial charge in [-0.15, -0.1) is 0 Å². The molecule has 0 aliphatic rings. The van der Waals surface area contributed by atoms with E-state index in [1.165, 1.54) is 0 Å². The van der Waals surface area contributed by atoms with Crippen molar-refractivity contribution in [3.8, 4) is 23.0 Å². The zero-order chi connectivity index (χ0) is 23.3. The molecule has 172 valence electrons. The van der Waals surface area contributed by atoms with Gasteiger partial charge >= 0.3 is 0 Å². The number of anilines is 2. The maximum atomic E-state index is 6.31. The van der Waals surface area contributed by atoms with Gasteiger partial charge in [0.1, 0.15) is 34.4 Å². The van der Waals surface area contributed by atoms with E-state index in [1.807, 2.05) is 79.7 Å². The van der Waals surface area contributed by atoms with Crippen molar-refractivity contribution in [1.82, 2.24) is 0 Å². The topological polar surface area (TPSA) is 89.0 Å². The van der Waals surface area contributed by atoms with Crippen molar-refractivity contribution < 1.29 is 18.9 Å². The van der Waals surface area contributed by atoms with E-state index in [0.717, 1.165) is 11.1 Å². The lowest BCUT2D eigenvalue weighted by Crippen LogP contribution is -2.12. The summed E-state index contributed by atoms with van der Waals surface area (Å²) >= 11 is 0. The second-order valence-electron chi connectivity index (χ2n) is 8.85. The summed E-state index contributed by atoms with van der Waals surface area (Å²) in [5.41, 5.74) is 15.7. The van der Waals surface area contributed by atoms with Crippen LogP contribution < -0.4 is 30.4 Å². The van der Waals surface area contributed by atoms with Gasteiger partial charge in [0.2, 0.25) is 0 Å². The van der Waals surface area contributed by atoms with E-state index >= 15 is 0 Å². The molecule has 31 heavy (non-hydrogen) atoms. The third-order valence-electron chi connectivity index (χ3n) is 4.19. The molecule has 0 unspecified atom stereocenters. The van der Waals surface area contributed by atoms with E-state index in [4.69, 9.17) is 30.4 Å². The fraction of sp³-hybridized carbons (Fsp3) is 0.520. The lowest BCUT2D eigenvalue weighted by Gasteiger charge is -2.20. The highest BCUT2D eigenvalue weighted by molar-refractivity contribution is 5.67. The summed E-state index contributed by atoms with van der Waals surface area (Å²) < 4.78 is 23.8. The maximum Gasteiger partial charge on any atom is 0.146 e. The zero-order valence-electron chi connectivity index (χ0n) is 20.1. The molecule has 0 amide bonds. The molecule has 2 aromatic rings. The second-order valence-corrected chi connectivity index (χ2v) is 8.85. The second kappa shape index (κ2) is 10.5. The van der Waals surface area contributed by atoms with Crippen molar-refractivity contribution in [2.75, 3.05) is 11.5 Å². The van der Waals surface area contributed by atoms with Crippen molar-refractivity contribution in [3.05, 3.63) is 35.4 Å². The summed E-state index contributed by atoms with van der Waals surface area (Å²) in [6, 6.07) is 7.85. The maximum absolute atomic E-state index is 6.31. The summed E-state index contributed by atoms with van der Waals surface area (Å²) in [5, 5.41) is 0. The van der Waals surface area contributed by atoms with Gasteiger partial charge in [-0.3, -0.25) is 0 Å². The molecule has 0 aromatic heterocycles. The fourth-order valence-corrected chi connectivity index (χ4v) is 3.16. The van der Waals surface area contributed by atoms with Gasteiger partial charge in [-0.05, 0) is 97.2 Å². The fourth-order valence-electron chi connectivity index (χ4n) is 3.16. The standard InChI is InChI=1S/C25H38N2O4/c1-14(2)28-20-10-18(11-21(24(20)26)29-15(3)4)9-19-12-22(30-16(5)6)25(27)23(13-19)31-17(7)8/h10-17H,9,26-27H2,1-8H3. The predicted molar refractivity (Wildman–Crippen MR) is 128 cm³/mol. The predicted octanol–water partition coefficient (Wildman–Crippen LogP) is 5.59. The monoisotopic (exact) mass is 430 g/mol. The van der Waals surface area contributed by atoms with Crippen molar-refractivity contribution in [2.45, 2.75) is 86.2 Å². The molecule has 0 bridgehead atoms. The largest absolute Gasteiger partial charge is 0.489 e. The van der Waals surface area contributed by atoms with Crippen LogP contribution in [0.2, 0.25) is 0 Å². The highest BCUT2D eigenvalue weighted by Gasteiger charge is 2.17. The lowest BCUT2D eigenvalue weighted by molar-refractivity contribution is 0.231. The first-order valence-corrected chi connectivity index (χ1v) is 11.0. The summed E-state index contributed by atoms with van der Waals surface area (Å²) in [6.07, 6.45) is 0.610. The number of hydrogen-bond acceptors (Lipinski definition) is 6. The van der Waals surface area contributed by atoms with Crippen molar-refractivity contribution in [2.24, 2.45) is 0 Å². The smallest absolute Gasteiger partial charge is 0.146 e. The summed E-state index contributed by atoms with van der Waals surface area (Å²) in [5.74, 6) is 2.48. The highest BCUT2D eigenvalue weighted by atomic mass is 16.5. The zero-order valence-corrected chi connectivity index (χ0v) is 20.1. The van der Waals surface area contributed by atoms with Crippen LogP contribution in [-0.4, -0.2) is 24.4 Å². The Morgan fingerprint density at radius 1 is 0.516 bits per heavy atom. The van der Waals surface area contributed by atoms with Crippen molar-refractivity contribution >= 4 is 11.4 Å². The molecule has 0 fully saturated rings. The van der Waals surface area contributed by atoms with Gasteiger partial charge in [0.15, 0.2) is 0 Å². The minimum Gasteiger partial charge on any atom is -0.489 e. The molecule has 0 aliphatic heterocycles. The Morgan fingerprint density at radius 2 is 0.742 bits per heavy atom. The molecule has 6 heteroatoms. The van der Waals surface area contributed by atoms with Gasteiger partial charge in [-0.1, -0.05) is 0 Å². The molecular formula is C25H38N2O4. The van der Waals surface area contributed by atoms with Crippen molar-refractivity contribution in [3.63, 3.8) is 0 Å². The molecule has 0 spiro atoms. The number of ether oxygens (including phenoxy) is 4. The Balaban J connectivity index is 2.49. The first kappa shape index (κ1) is 24.5. The molecule has 0 saturated heterocycles. The molecule has 0 atom stereocenters. The Hall–Kier alpha value is -2.76. The normalized spacial score (nSPS) is 11.5. The van der Waals surface area contributed by atoms with E-state index in [-0.39, 0.29) is 24.4 Å². The average molecular weight is 431 g/mol. The number of benzene rings is 2. The molecule has 2 aromatic carbocycles. The molecule has 4 N–H and O–H groups in total. The van der Waals surface area contributed by atoms with Gasteiger partial charge in [-0.25, -0.2) is 0 Å². The SMILES string of the molecule is CC(C)Oc1cc(Cc2cc(OC(C)C)c(N)c(OC(C)C)c2)cc(OC(C)C)c1N. The third kappa shape index (κ3) is 7.16. The molecule has 0 saturated carbocycles. The summed E-state index contributed by atoms with van der Waals surface area (Å²) in [7, 11) is 0. The average Bonchev–Trinajstić information content (AvgIpc) is 2.61. The Labute approximate surface area is 186 Å². The lowest BCUT2D eigenvalue weighted by atomic mass is 10.0. The Kier molecular flexibility index (Phi) is 8.31.